The summed E-state index contributed by atoms with van der Waals surface area (Å²) in [7, 11) is 0. The summed E-state index contributed by atoms with van der Waals surface area (Å²) in [5, 5.41) is 5.34. The number of benzene rings is 1. The van der Waals surface area contributed by atoms with Crippen LogP contribution in [0.3, 0.4) is 0 Å². The second kappa shape index (κ2) is 9.19. The van der Waals surface area contributed by atoms with E-state index in [9.17, 15) is 9.59 Å². The SMILES string of the molecule is C[C@@H]1CCCCN1C(=O)CSCC(=O)Nc1nc(-c2ccccc2)cs1. The van der Waals surface area contributed by atoms with Gasteiger partial charge in [-0.05, 0) is 26.2 Å². The highest BCUT2D eigenvalue weighted by Gasteiger charge is 2.23. The molecule has 0 saturated carbocycles. The molecule has 0 aliphatic carbocycles. The van der Waals surface area contributed by atoms with Crippen molar-refractivity contribution in [3.63, 3.8) is 0 Å². The third-order valence-corrected chi connectivity index (χ3v) is 6.08. The smallest absolute Gasteiger partial charge is 0.236 e. The molecule has 26 heavy (non-hydrogen) atoms. The molecule has 1 aromatic carbocycles. The molecule has 5 nitrogen and oxygen atoms in total. The highest BCUT2D eigenvalue weighted by Crippen LogP contribution is 2.24. The van der Waals surface area contributed by atoms with E-state index in [0.717, 1.165) is 30.6 Å². The van der Waals surface area contributed by atoms with Crippen LogP contribution in [0, 0.1) is 0 Å². The van der Waals surface area contributed by atoms with Gasteiger partial charge >= 0.3 is 0 Å². The van der Waals surface area contributed by atoms with Gasteiger partial charge in [0.25, 0.3) is 0 Å². The zero-order chi connectivity index (χ0) is 18.4. The Morgan fingerprint density at radius 3 is 2.85 bits per heavy atom. The van der Waals surface area contributed by atoms with Gasteiger partial charge in [-0.15, -0.1) is 23.1 Å². The number of thiazole rings is 1. The van der Waals surface area contributed by atoms with E-state index in [1.807, 2.05) is 40.6 Å². The Hall–Kier alpha value is -1.86. The van der Waals surface area contributed by atoms with E-state index in [1.54, 1.807) is 0 Å². The van der Waals surface area contributed by atoms with Gasteiger partial charge in [0.05, 0.1) is 17.2 Å². The number of anilines is 1. The fraction of sp³-hybridized carbons (Fsp3) is 0.421. The van der Waals surface area contributed by atoms with Crippen molar-refractivity contribution in [2.45, 2.75) is 32.2 Å². The molecular formula is C19H23N3O2S2. The Morgan fingerprint density at radius 1 is 1.27 bits per heavy atom. The van der Waals surface area contributed by atoms with Crippen molar-refractivity contribution in [3.8, 4) is 11.3 Å². The van der Waals surface area contributed by atoms with Gasteiger partial charge in [-0.2, -0.15) is 0 Å². The van der Waals surface area contributed by atoms with Crippen molar-refractivity contribution >= 4 is 40.0 Å². The van der Waals surface area contributed by atoms with Crippen LogP contribution in [0.15, 0.2) is 35.7 Å². The normalized spacial score (nSPS) is 17.1. The first-order valence-corrected chi connectivity index (χ1v) is 10.8. The minimum absolute atomic E-state index is 0.122. The molecule has 1 fully saturated rings. The van der Waals surface area contributed by atoms with E-state index in [4.69, 9.17) is 0 Å². The maximum absolute atomic E-state index is 12.3. The predicted molar refractivity (Wildman–Crippen MR) is 109 cm³/mol. The molecule has 0 spiro atoms. The minimum Gasteiger partial charge on any atom is -0.339 e. The Kier molecular flexibility index (Phi) is 6.68. The molecule has 1 aliphatic rings. The topological polar surface area (TPSA) is 62.3 Å². The number of carbonyl (C=O) groups is 2. The van der Waals surface area contributed by atoms with Gasteiger partial charge in [0.15, 0.2) is 5.13 Å². The zero-order valence-electron chi connectivity index (χ0n) is 14.8. The molecule has 1 saturated heterocycles. The Labute approximate surface area is 162 Å². The summed E-state index contributed by atoms with van der Waals surface area (Å²) < 4.78 is 0. The van der Waals surface area contributed by atoms with Crippen molar-refractivity contribution in [1.29, 1.82) is 0 Å². The molecule has 1 aliphatic heterocycles. The summed E-state index contributed by atoms with van der Waals surface area (Å²) >= 11 is 2.77. The van der Waals surface area contributed by atoms with Gasteiger partial charge in [0, 0.05) is 23.5 Å². The van der Waals surface area contributed by atoms with Crippen molar-refractivity contribution in [1.82, 2.24) is 9.88 Å². The van der Waals surface area contributed by atoms with Crippen LogP contribution in [0.2, 0.25) is 0 Å². The fourth-order valence-electron chi connectivity index (χ4n) is 3.01. The first-order valence-electron chi connectivity index (χ1n) is 8.81. The number of hydrogen-bond acceptors (Lipinski definition) is 5. The van der Waals surface area contributed by atoms with Crippen LogP contribution in [0.5, 0.6) is 0 Å². The summed E-state index contributed by atoms with van der Waals surface area (Å²) in [6.45, 7) is 2.94. The van der Waals surface area contributed by atoms with Crippen molar-refractivity contribution in [2.24, 2.45) is 0 Å². The quantitative estimate of drug-likeness (QED) is 0.814. The average Bonchev–Trinajstić information content (AvgIpc) is 3.11. The van der Waals surface area contributed by atoms with Gasteiger partial charge in [0.2, 0.25) is 11.8 Å². The molecule has 2 heterocycles. The first-order chi connectivity index (χ1) is 12.6. The molecule has 0 bridgehead atoms. The molecule has 1 atom stereocenters. The molecule has 7 heteroatoms. The molecule has 0 unspecified atom stereocenters. The summed E-state index contributed by atoms with van der Waals surface area (Å²) in [6.07, 6.45) is 3.35. The predicted octanol–water partition coefficient (Wildman–Crippen LogP) is 3.88. The lowest BCUT2D eigenvalue weighted by atomic mass is 10.0. The van der Waals surface area contributed by atoms with Crippen molar-refractivity contribution in [2.75, 3.05) is 23.4 Å². The molecule has 3 rings (SSSR count). The van der Waals surface area contributed by atoms with Gasteiger partial charge in [-0.3, -0.25) is 9.59 Å². The second-order valence-corrected chi connectivity index (χ2v) is 8.22. The van der Waals surface area contributed by atoms with Crippen LogP contribution >= 0.6 is 23.1 Å². The number of rotatable bonds is 6. The third kappa shape index (κ3) is 5.08. The van der Waals surface area contributed by atoms with E-state index in [1.165, 1.54) is 29.5 Å². The van der Waals surface area contributed by atoms with Crippen LogP contribution < -0.4 is 5.32 Å². The first kappa shape index (κ1) is 18.9. The lowest BCUT2D eigenvalue weighted by Gasteiger charge is -2.33. The number of hydrogen-bond donors (Lipinski definition) is 1. The Bertz CT molecular complexity index is 748. The molecule has 1 N–H and O–H groups in total. The van der Waals surface area contributed by atoms with Crippen LogP contribution in [-0.4, -0.2) is 45.8 Å². The second-order valence-electron chi connectivity index (χ2n) is 6.38. The van der Waals surface area contributed by atoms with Gasteiger partial charge in [-0.1, -0.05) is 30.3 Å². The van der Waals surface area contributed by atoms with E-state index >= 15 is 0 Å². The molecule has 0 radical (unpaired) electrons. The van der Waals surface area contributed by atoms with E-state index in [2.05, 4.69) is 17.2 Å². The maximum Gasteiger partial charge on any atom is 0.236 e. The summed E-state index contributed by atoms with van der Waals surface area (Å²) in [5.74, 6) is 0.623. The van der Waals surface area contributed by atoms with Crippen molar-refractivity contribution in [3.05, 3.63) is 35.7 Å². The Morgan fingerprint density at radius 2 is 2.08 bits per heavy atom. The van der Waals surface area contributed by atoms with E-state index in [-0.39, 0.29) is 17.6 Å². The number of nitrogens with zero attached hydrogens (tertiary/aromatic N) is 2. The average molecular weight is 390 g/mol. The number of thioether (sulfide) groups is 1. The molecule has 2 aromatic rings. The zero-order valence-corrected chi connectivity index (χ0v) is 16.4. The number of piperidine rings is 1. The number of carbonyl (C=O) groups excluding carboxylic acids is 2. The maximum atomic E-state index is 12.3. The summed E-state index contributed by atoms with van der Waals surface area (Å²) in [6, 6.07) is 10.2. The van der Waals surface area contributed by atoms with Crippen LogP contribution in [-0.2, 0) is 9.59 Å². The standard InChI is InChI=1S/C19H23N3O2S2/c1-14-7-5-6-10-22(14)18(24)13-25-12-17(23)21-19-20-16(11-26-19)15-8-3-2-4-9-15/h2-4,8-9,11,14H,5-7,10,12-13H2,1H3,(H,20,21,23)/t14-/m1/s1. The largest absolute Gasteiger partial charge is 0.339 e. The number of aromatic nitrogens is 1. The summed E-state index contributed by atoms with van der Waals surface area (Å²) in [4.78, 5) is 30.8. The lowest BCUT2D eigenvalue weighted by molar-refractivity contribution is -0.131. The van der Waals surface area contributed by atoms with Crippen LogP contribution in [0.4, 0.5) is 5.13 Å². The monoisotopic (exact) mass is 389 g/mol. The Balaban J connectivity index is 1.43. The highest BCUT2D eigenvalue weighted by atomic mass is 32.2. The van der Waals surface area contributed by atoms with Crippen LogP contribution in [0.25, 0.3) is 11.3 Å². The van der Waals surface area contributed by atoms with Gasteiger partial charge < -0.3 is 10.2 Å². The van der Waals surface area contributed by atoms with Gasteiger partial charge in [-0.25, -0.2) is 4.98 Å². The van der Waals surface area contributed by atoms with E-state index in [0.29, 0.717) is 16.9 Å². The molecule has 2 amide bonds. The third-order valence-electron chi connectivity index (χ3n) is 4.40. The minimum atomic E-state index is -0.122. The number of likely N-dealkylation sites (tertiary alicyclic amines) is 1. The number of amides is 2. The summed E-state index contributed by atoms with van der Waals surface area (Å²) in [5.41, 5.74) is 1.88. The lowest BCUT2D eigenvalue weighted by Crippen LogP contribution is -2.43. The molecule has 1 aromatic heterocycles. The number of nitrogens with one attached hydrogen (secondary N) is 1. The van der Waals surface area contributed by atoms with Crippen molar-refractivity contribution < 1.29 is 9.59 Å². The fourth-order valence-corrected chi connectivity index (χ4v) is 4.45. The van der Waals surface area contributed by atoms with E-state index < -0.39 is 0 Å². The highest BCUT2D eigenvalue weighted by molar-refractivity contribution is 8.00. The van der Waals surface area contributed by atoms with Crippen LogP contribution in [0.1, 0.15) is 26.2 Å². The van der Waals surface area contributed by atoms with Gasteiger partial charge in [0.1, 0.15) is 0 Å². The molecular weight excluding hydrogens is 366 g/mol. The molecule has 138 valence electrons.